The van der Waals surface area contributed by atoms with Crippen LogP contribution in [0.1, 0.15) is 26.5 Å². The van der Waals surface area contributed by atoms with E-state index in [1.807, 2.05) is 48.2 Å². The minimum Gasteiger partial charge on any atom is -0.311 e. The van der Waals surface area contributed by atoms with Crippen LogP contribution in [0.5, 0.6) is 0 Å². The lowest BCUT2D eigenvalue weighted by Crippen LogP contribution is -2.26. The van der Waals surface area contributed by atoms with Crippen molar-refractivity contribution in [1.82, 2.24) is 14.8 Å². The molecule has 0 aliphatic rings. The molecular weight excluding hydrogens is 392 g/mol. The highest BCUT2D eigenvalue weighted by atomic mass is 35.5. The zero-order chi connectivity index (χ0) is 19.8. The van der Waals surface area contributed by atoms with Gasteiger partial charge in [0, 0.05) is 28.3 Å². The van der Waals surface area contributed by atoms with E-state index in [9.17, 15) is 4.79 Å². The van der Waals surface area contributed by atoms with Crippen molar-refractivity contribution in [3.05, 3.63) is 74.7 Å². The Bertz CT molecular complexity index is 1170. The van der Waals surface area contributed by atoms with Crippen molar-refractivity contribution in [2.75, 3.05) is 11.9 Å². The summed E-state index contributed by atoms with van der Waals surface area (Å²) in [5, 5.41) is 7.90. The van der Waals surface area contributed by atoms with Crippen LogP contribution in [0.25, 0.3) is 11.0 Å². The van der Waals surface area contributed by atoms with Gasteiger partial charge in [-0.25, -0.2) is 9.67 Å². The van der Waals surface area contributed by atoms with Crippen LogP contribution in [0.15, 0.2) is 48.0 Å². The Balaban J connectivity index is 1.74. The first-order valence-corrected chi connectivity index (χ1v) is 10.1. The Morgan fingerprint density at radius 2 is 2.07 bits per heavy atom. The zero-order valence-corrected chi connectivity index (χ0v) is 17.4. The molecule has 0 radical (unpaired) electrons. The van der Waals surface area contributed by atoms with E-state index in [4.69, 9.17) is 11.6 Å². The summed E-state index contributed by atoms with van der Waals surface area (Å²) in [5.41, 5.74) is 3.79. The van der Waals surface area contributed by atoms with Crippen molar-refractivity contribution < 1.29 is 4.79 Å². The number of benzene rings is 1. The highest BCUT2D eigenvalue weighted by Crippen LogP contribution is 2.26. The molecule has 0 aliphatic carbocycles. The SMILES string of the molecule is Cc1cc(C(=O)N(C)c2ccc(C)c(Cl)c2)c2cnn(Cc3cccs3)c2n1. The average molecular weight is 411 g/mol. The minimum absolute atomic E-state index is 0.119. The number of pyridine rings is 1. The number of hydrogen-bond donors (Lipinski definition) is 0. The number of aromatic nitrogens is 3. The van der Waals surface area contributed by atoms with Gasteiger partial charge in [0.05, 0.1) is 23.7 Å². The Kier molecular flexibility index (Phi) is 4.91. The molecule has 0 atom stereocenters. The average Bonchev–Trinajstić information content (AvgIpc) is 3.33. The number of fused-ring (bicyclic) bond motifs is 1. The van der Waals surface area contributed by atoms with Crippen LogP contribution in [0.2, 0.25) is 5.02 Å². The summed E-state index contributed by atoms with van der Waals surface area (Å²) in [6, 6.07) is 11.5. The fourth-order valence-corrected chi connectivity index (χ4v) is 3.96. The third-order valence-electron chi connectivity index (χ3n) is 4.70. The Morgan fingerprint density at radius 3 is 2.79 bits per heavy atom. The number of nitrogens with zero attached hydrogens (tertiary/aromatic N) is 4. The summed E-state index contributed by atoms with van der Waals surface area (Å²) < 4.78 is 1.84. The van der Waals surface area contributed by atoms with Gasteiger partial charge in [0.2, 0.25) is 0 Å². The maximum Gasteiger partial charge on any atom is 0.258 e. The Morgan fingerprint density at radius 1 is 1.25 bits per heavy atom. The number of halogens is 1. The number of aryl methyl sites for hydroxylation is 2. The van der Waals surface area contributed by atoms with Crippen molar-refractivity contribution >= 4 is 45.6 Å². The molecule has 0 fully saturated rings. The highest BCUT2D eigenvalue weighted by molar-refractivity contribution is 7.09. The van der Waals surface area contributed by atoms with Gasteiger partial charge in [-0.05, 0) is 49.1 Å². The van der Waals surface area contributed by atoms with Gasteiger partial charge in [-0.1, -0.05) is 23.7 Å². The Hall–Kier alpha value is -2.70. The summed E-state index contributed by atoms with van der Waals surface area (Å²) in [5.74, 6) is -0.119. The molecule has 0 N–H and O–H groups in total. The van der Waals surface area contributed by atoms with Gasteiger partial charge < -0.3 is 4.90 Å². The second-order valence-corrected chi connectivity index (χ2v) is 8.17. The second-order valence-electron chi connectivity index (χ2n) is 6.73. The van der Waals surface area contributed by atoms with Crippen molar-refractivity contribution in [3.8, 4) is 0 Å². The van der Waals surface area contributed by atoms with E-state index in [1.54, 1.807) is 35.5 Å². The molecule has 4 rings (SSSR count). The smallest absolute Gasteiger partial charge is 0.258 e. The molecular formula is C21H19ClN4OS. The summed E-state index contributed by atoms with van der Waals surface area (Å²) in [7, 11) is 1.75. The second kappa shape index (κ2) is 7.37. The lowest BCUT2D eigenvalue weighted by molar-refractivity contribution is 0.0994. The first-order valence-electron chi connectivity index (χ1n) is 8.84. The van der Waals surface area contributed by atoms with Crippen molar-refractivity contribution in [3.63, 3.8) is 0 Å². The van der Waals surface area contributed by atoms with E-state index in [-0.39, 0.29) is 5.91 Å². The third-order valence-corrected chi connectivity index (χ3v) is 5.97. The van der Waals surface area contributed by atoms with E-state index in [1.165, 1.54) is 4.88 Å². The molecule has 1 amide bonds. The molecule has 0 spiro atoms. The molecule has 4 aromatic rings. The zero-order valence-electron chi connectivity index (χ0n) is 15.8. The summed E-state index contributed by atoms with van der Waals surface area (Å²) in [6.07, 6.45) is 1.72. The maximum atomic E-state index is 13.3. The molecule has 142 valence electrons. The van der Waals surface area contributed by atoms with Crippen LogP contribution >= 0.6 is 22.9 Å². The van der Waals surface area contributed by atoms with Crippen molar-refractivity contribution in [2.24, 2.45) is 0 Å². The fourth-order valence-electron chi connectivity index (χ4n) is 3.10. The van der Waals surface area contributed by atoms with E-state index in [0.717, 1.165) is 22.3 Å². The van der Waals surface area contributed by atoms with Gasteiger partial charge in [0.1, 0.15) is 0 Å². The number of amides is 1. The number of anilines is 1. The van der Waals surface area contributed by atoms with E-state index in [0.29, 0.717) is 22.8 Å². The number of carbonyl (C=O) groups is 1. The summed E-state index contributed by atoms with van der Waals surface area (Å²) >= 11 is 7.91. The topological polar surface area (TPSA) is 51.0 Å². The standard InChI is InChI=1S/C21H19ClN4OS/c1-13-6-7-15(10-19(13)22)25(3)21(27)17-9-14(2)24-20-18(17)11-23-26(20)12-16-5-4-8-28-16/h4-11H,12H2,1-3H3. The molecule has 1 aromatic carbocycles. The van der Waals surface area contributed by atoms with Crippen LogP contribution in [-0.4, -0.2) is 27.7 Å². The monoisotopic (exact) mass is 410 g/mol. The van der Waals surface area contributed by atoms with E-state index in [2.05, 4.69) is 16.1 Å². The molecule has 0 bridgehead atoms. The van der Waals surface area contributed by atoms with Crippen LogP contribution in [0, 0.1) is 13.8 Å². The number of thiophene rings is 1. The summed E-state index contributed by atoms with van der Waals surface area (Å²) in [6.45, 7) is 4.46. The van der Waals surface area contributed by atoms with Gasteiger partial charge in [-0.3, -0.25) is 4.79 Å². The normalized spacial score (nSPS) is 11.1. The van der Waals surface area contributed by atoms with Crippen LogP contribution < -0.4 is 4.90 Å². The van der Waals surface area contributed by atoms with E-state index >= 15 is 0 Å². The molecule has 3 aromatic heterocycles. The van der Waals surface area contributed by atoms with Crippen molar-refractivity contribution in [1.29, 1.82) is 0 Å². The highest BCUT2D eigenvalue weighted by Gasteiger charge is 2.20. The predicted octanol–water partition coefficient (Wildman–Crippen LogP) is 5.09. The van der Waals surface area contributed by atoms with Gasteiger partial charge in [0.15, 0.2) is 5.65 Å². The van der Waals surface area contributed by atoms with Gasteiger partial charge in [0.25, 0.3) is 5.91 Å². The molecule has 0 saturated heterocycles. The minimum atomic E-state index is -0.119. The van der Waals surface area contributed by atoms with Crippen LogP contribution in [-0.2, 0) is 6.54 Å². The molecule has 3 heterocycles. The third kappa shape index (κ3) is 3.41. The lowest BCUT2D eigenvalue weighted by atomic mass is 10.1. The van der Waals surface area contributed by atoms with Crippen LogP contribution in [0.3, 0.4) is 0 Å². The van der Waals surface area contributed by atoms with Crippen LogP contribution in [0.4, 0.5) is 5.69 Å². The lowest BCUT2D eigenvalue weighted by Gasteiger charge is -2.19. The fraction of sp³-hybridized carbons (Fsp3) is 0.190. The first-order chi connectivity index (χ1) is 13.4. The van der Waals surface area contributed by atoms with Gasteiger partial charge in [-0.15, -0.1) is 11.3 Å². The maximum absolute atomic E-state index is 13.3. The number of carbonyl (C=O) groups excluding carboxylic acids is 1. The number of rotatable bonds is 4. The van der Waals surface area contributed by atoms with E-state index < -0.39 is 0 Å². The Labute approximate surface area is 172 Å². The van der Waals surface area contributed by atoms with Gasteiger partial charge >= 0.3 is 0 Å². The molecule has 7 heteroatoms. The first kappa shape index (κ1) is 18.7. The quantitative estimate of drug-likeness (QED) is 0.471. The summed E-state index contributed by atoms with van der Waals surface area (Å²) in [4.78, 5) is 20.7. The molecule has 28 heavy (non-hydrogen) atoms. The molecule has 0 unspecified atom stereocenters. The molecule has 0 aliphatic heterocycles. The predicted molar refractivity (Wildman–Crippen MR) is 115 cm³/mol. The number of hydrogen-bond acceptors (Lipinski definition) is 4. The van der Waals surface area contributed by atoms with Gasteiger partial charge in [-0.2, -0.15) is 5.10 Å². The molecule has 0 saturated carbocycles. The largest absolute Gasteiger partial charge is 0.311 e. The molecule has 5 nitrogen and oxygen atoms in total. The van der Waals surface area contributed by atoms with Crippen molar-refractivity contribution in [2.45, 2.75) is 20.4 Å².